The van der Waals surface area contributed by atoms with Crippen LogP contribution in [0.25, 0.3) is 0 Å². The Hall–Kier alpha value is -3.97. The van der Waals surface area contributed by atoms with Crippen LogP contribution in [0.1, 0.15) is 35.1 Å². The summed E-state index contributed by atoms with van der Waals surface area (Å²) in [5.74, 6) is -0.198. The van der Waals surface area contributed by atoms with Crippen molar-refractivity contribution in [1.29, 1.82) is 5.26 Å². The Kier molecular flexibility index (Phi) is 6.50. The number of aliphatic hydroxyl groups is 2. The van der Waals surface area contributed by atoms with Crippen LogP contribution in [0.4, 0.5) is 0 Å². The van der Waals surface area contributed by atoms with Gasteiger partial charge in [0.2, 0.25) is 5.91 Å². The molecule has 3 aliphatic rings. The van der Waals surface area contributed by atoms with Gasteiger partial charge >= 0.3 is 0 Å². The first-order valence-corrected chi connectivity index (χ1v) is 13.5. The molecule has 1 aliphatic carbocycles. The molecule has 1 aromatic heterocycles. The summed E-state index contributed by atoms with van der Waals surface area (Å²) in [5.41, 5.74) is -0.929. The molecular weight excluding hydrogens is 508 g/mol. The fourth-order valence-corrected chi connectivity index (χ4v) is 7.07. The lowest BCUT2D eigenvalue weighted by molar-refractivity contribution is -0.152. The molecule has 206 valence electrons. The predicted octanol–water partition coefficient (Wildman–Crippen LogP) is 2.38. The molecule has 2 aliphatic heterocycles. The highest BCUT2D eigenvalue weighted by atomic mass is 16.5. The first kappa shape index (κ1) is 26.3. The maximum atomic E-state index is 12.9. The van der Waals surface area contributed by atoms with Crippen LogP contribution in [-0.2, 0) is 16.0 Å². The summed E-state index contributed by atoms with van der Waals surface area (Å²) in [7, 11) is 1.50. The third-order valence-corrected chi connectivity index (χ3v) is 8.90. The van der Waals surface area contributed by atoms with Gasteiger partial charge in [0.1, 0.15) is 11.5 Å². The van der Waals surface area contributed by atoms with Crippen molar-refractivity contribution >= 4 is 5.91 Å². The van der Waals surface area contributed by atoms with Gasteiger partial charge in [0.25, 0.3) is 0 Å². The minimum absolute atomic E-state index is 0.0528. The molecule has 40 heavy (non-hydrogen) atoms. The second-order valence-electron chi connectivity index (χ2n) is 10.8. The second-order valence-corrected chi connectivity index (χ2v) is 10.8. The smallest absolute Gasteiger partial charge is 0.219 e. The van der Waals surface area contributed by atoms with Crippen molar-refractivity contribution in [2.24, 2.45) is 5.92 Å². The number of aliphatic hydroxyl groups excluding tert-OH is 1. The van der Waals surface area contributed by atoms with Gasteiger partial charge in [-0.15, -0.1) is 0 Å². The van der Waals surface area contributed by atoms with Gasteiger partial charge in [-0.3, -0.25) is 14.7 Å². The topological polar surface area (TPSA) is 119 Å². The summed E-state index contributed by atoms with van der Waals surface area (Å²) < 4.78 is 12.5. The second kappa shape index (κ2) is 9.89. The molecule has 6 rings (SSSR count). The third kappa shape index (κ3) is 3.71. The number of methoxy groups -OCH3 is 1. The number of hydrogen-bond donors (Lipinski definition) is 2. The van der Waals surface area contributed by atoms with Crippen molar-refractivity contribution in [1.82, 2.24) is 14.8 Å². The lowest BCUT2D eigenvalue weighted by atomic mass is 9.70. The zero-order valence-electron chi connectivity index (χ0n) is 22.5. The number of nitriles is 1. The van der Waals surface area contributed by atoms with E-state index in [1.807, 2.05) is 35.2 Å². The first-order valence-electron chi connectivity index (χ1n) is 13.5. The Labute approximate surface area is 233 Å². The number of benzene rings is 2. The number of amides is 1. The monoisotopic (exact) mass is 540 g/mol. The average molecular weight is 541 g/mol. The van der Waals surface area contributed by atoms with Gasteiger partial charge in [-0.2, -0.15) is 5.26 Å². The Morgan fingerprint density at radius 2 is 1.82 bits per heavy atom. The number of hydrogen-bond acceptors (Lipinski definition) is 8. The van der Waals surface area contributed by atoms with Crippen LogP contribution in [0.2, 0.25) is 0 Å². The van der Waals surface area contributed by atoms with E-state index >= 15 is 0 Å². The molecule has 9 nitrogen and oxygen atoms in total. The summed E-state index contributed by atoms with van der Waals surface area (Å²) in [6.45, 7) is 4.61. The molecule has 0 bridgehead atoms. The normalized spacial score (nSPS) is 29.3. The van der Waals surface area contributed by atoms with Crippen molar-refractivity contribution in [2.45, 2.75) is 30.1 Å². The van der Waals surface area contributed by atoms with Crippen LogP contribution in [0.5, 0.6) is 11.5 Å². The van der Waals surface area contributed by atoms with E-state index in [4.69, 9.17) is 9.47 Å². The number of rotatable bonds is 5. The van der Waals surface area contributed by atoms with Crippen molar-refractivity contribution in [3.63, 3.8) is 0 Å². The Balaban J connectivity index is 1.54. The van der Waals surface area contributed by atoms with Crippen molar-refractivity contribution < 1.29 is 24.5 Å². The number of ether oxygens (including phenoxy) is 2. The predicted molar refractivity (Wildman–Crippen MR) is 146 cm³/mol. The number of piperazine rings is 1. The third-order valence-electron chi connectivity index (χ3n) is 8.90. The van der Waals surface area contributed by atoms with E-state index in [0.29, 0.717) is 60.9 Å². The highest BCUT2D eigenvalue weighted by molar-refractivity contribution is 5.73. The molecule has 1 saturated heterocycles. The Bertz CT molecular complexity index is 1450. The lowest BCUT2D eigenvalue weighted by Gasteiger charge is -2.41. The van der Waals surface area contributed by atoms with Crippen molar-refractivity contribution in [3.8, 4) is 17.6 Å². The Morgan fingerprint density at radius 3 is 2.45 bits per heavy atom. The van der Waals surface area contributed by atoms with Gasteiger partial charge in [0.05, 0.1) is 42.8 Å². The molecule has 1 saturated carbocycles. The molecule has 0 unspecified atom stereocenters. The largest absolute Gasteiger partial charge is 0.495 e. The molecule has 5 atom stereocenters. The van der Waals surface area contributed by atoms with E-state index < -0.39 is 29.1 Å². The summed E-state index contributed by atoms with van der Waals surface area (Å²) in [5, 5.41) is 34.7. The van der Waals surface area contributed by atoms with Gasteiger partial charge in [-0.1, -0.05) is 42.5 Å². The van der Waals surface area contributed by atoms with Gasteiger partial charge < -0.3 is 24.6 Å². The van der Waals surface area contributed by atoms with Gasteiger partial charge in [-0.05, 0) is 23.3 Å². The fourth-order valence-electron chi connectivity index (χ4n) is 7.07. The van der Waals surface area contributed by atoms with Crippen LogP contribution in [0, 0.1) is 17.2 Å². The molecule has 9 heteroatoms. The fraction of sp³-hybridized carbons (Fsp3) is 0.387. The molecule has 3 aromatic rings. The van der Waals surface area contributed by atoms with E-state index in [1.165, 1.54) is 13.3 Å². The summed E-state index contributed by atoms with van der Waals surface area (Å²) in [4.78, 5) is 20.3. The molecule has 0 radical (unpaired) electrons. The lowest BCUT2D eigenvalue weighted by Crippen LogP contribution is -2.52. The van der Waals surface area contributed by atoms with E-state index in [9.17, 15) is 20.3 Å². The summed E-state index contributed by atoms with van der Waals surface area (Å²) >= 11 is 0. The van der Waals surface area contributed by atoms with Crippen LogP contribution < -0.4 is 9.47 Å². The zero-order valence-corrected chi connectivity index (χ0v) is 22.5. The van der Waals surface area contributed by atoms with Crippen molar-refractivity contribution in [3.05, 3.63) is 89.2 Å². The van der Waals surface area contributed by atoms with E-state index in [0.717, 1.165) is 5.56 Å². The van der Waals surface area contributed by atoms with Crippen LogP contribution in [0.3, 0.4) is 0 Å². The van der Waals surface area contributed by atoms with Crippen LogP contribution >= 0.6 is 0 Å². The van der Waals surface area contributed by atoms with Crippen molar-refractivity contribution in [2.75, 3.05) is 39.8 Å². The molecule has 2 N–H and O–H groups in total. The van der Waals surface area contributed by atoms with Gasteiger partial charge in [-0.25, -0.2) is 0 Å². The maximum Gasteiger partial charge on any atom is 0.219 e. The van der Waals surface area contributed by atoms with Crippen LogP contribution in [0.15, 0.2) is 67.0 Å². The number of fused-ring (bicyclic) bond motifs is 3. The average Bonchev–Trinajstić information content (AvgIpc) is 3.36. The number of carbonyl (C=O) groups is 1. The standard InChI is InChI=1S/C31H32N4O5/c1-20(36)35-14-12-34(13-15-35)19-24-27(22-6-4-3-5-7-22)31(23-10-8-21(16-32)9-11-23)30(38,29(24)37)28-25(39-2)17-33-18-26(28)40-31/h3-11,17-18,24,27,29,37-38H,12-15,19H2,1-2H3/t24-,27+,29-,30+,31+/m1/s1. The zero-order chi connectivity index (χ0) is 28.1. The molecule has 3 heterocycles. The molecular formula is C31H32N4O5. The highest BCUT2D eigenvalue weighted by Gasteiger charge is 2.76. The number of carbonyl (C=O) groups excluding carboxylic acids is 1. The number of aromatic nitrogens is 1. The molecule has 2 fully saturated rings. The SMILES string of the molecule is COc1cncc2c1[C@]1(O)[C@H](O)[C@H](CN3CCN(C(C)=O)CC3)[C@H](c3ccccc3)[C@]1(c1ccc(C#N)cc1)O2. The van der Waals surface area contributed by atoms with Crippen LogP contribution in [-0.4, -0.2) is 76.8 Å². The summed E-state index contributed by atoms with van der Waals surface area (Å²) in [6.07, 6.45) is 1.83. The Morgan fingerprint density at radius 1 is 1.12 bits per heavy atom. The van der Waals surface area contributed by atoms with E-state index in [1.54, 1.807) is 37.4 Å². The minimum atomic E-state index is -1.89. The number of nitrogens with zero attached hydrogens (tertiary/aromatic N) is 4. The number of pyridine rings is 1. The van der Waals surface area contributed by atoms with Gasteiger partial charge in [0.15, 0.2) is 11.2 Å². The minimum Gasteiger partial charge on any atom is -0.495 e. The summed E-state index contributed by atoms with van der Waals surface area (Å²) in [6, 6.07) is 19.0. The maximum absolute atomic E-state index is 12.9. The molecule has 1 amide bonds. The molecule has 2 aromatic carbocycles. The first-order chi connectivity index (χ1) is 19.3. The quantitative estimate of drug-likeness (QED) is 0.507. The highest BCUT2D eigenvalue weighted by Crippen LogP contribution is 2.69. The van der Waals surface area contributed by atoms with E-state index in [2.05, 4.69) is 16.0 Å². The van der Waals surface area contributed by atoms with Gasteiger partial charge in [0, 0.05) is 51.5 Å². The molecule has 0 spiro atoms. The van der Waals surface area contributed by atoms with E-state index in [-0.39, 0.29) is 5.91 Å².